The summed E-state index contributed by atoms with van der Waals surface area (Å²) in [5, 5.41) is 0. The van der Waals surface area contributed by atoms with E-state index >= 15 is 0 Å². The molecule has 1 rings (SSSR count). The van der Waals surface area contributed by atoms with Gasteiger partial charge in [-0.05, 0) is 19.1 Å². The van der Waals surface area contributed by atoms with E-state index < -0.39 is 0 Å². The van der Waals surface area contributed by atoms with Crippen molar-refractivity contribution >= 4 is 23.4 Å². The van der Waals surface area contributed by atoms with Gasteiger partial charge in [-0.3, -0.25) is 0 Å². The summed E-state index contributed by atoms with van der Waals surface area (Å²) in [5.41, 5.74) is 2.83. The molecule has 0 bridgehead atoms. The van der Waals surface area contributed by atoms with E-state index in [9.17, 15) is 0 Å². The van der Waals surface area contributed by atoms with Crippen molar-refractivity contribution in [3.05, 3.63) is 41.4 Å². The zero-order valence-electron chi connectivity index (χ0n) is 6.96. The maximum Gasteiger partial charge on any atom is 0.0199 e. The van der Waals surface area contributed by atoms with Gasteiger partial charge in [0.2, 0.25) is 0 Å². The Morgan fingerprint density at radius 1 is 1.42 bits per heavy atom. The number of thioether (sulfide) groups is 1. The molecular weight excluding hydrogens is 188 g/mol. The number of hydrogen-bond donors (Lipinski definition) is 0. The lowest BCUT2D eigenvalue weighted by atomic mass is 10.4. The molecule has 0 saturated carbocycles. The van der Waals surface area contributed by atoms with Crippen molar-refractivity contribution in [1.82, 2.24) is 0 Å². The summed E-state index contributed by atoms with van der Waals surface area (Å²) >= 11 is 7.34. The van der Waals surface area contributed by atoms with Gasteiger partial charge in [0.05, 0.1) is 0 Å². The van der Waals surface area contributed by atoms with Gasteiger partial charge >= 0.3 is 0 Å². The first-order valence-electron chi connectivity index (χ1n) is 3.76. The minimum atomic E-state index is 0.966. The number of rotatable bonds is 3. The summed E-state index contributed by atoms with van der Waals surface area (Å²) in [4.78, 5) is 1.29. The molecule has 0 aliphatic rings. The van der Waals surface area contributed by atoms with Gasteiger partial charge < -0.3 is 0 Å². The molecule has 0 aliphatic carbocycles. The van der Waals surface area contributed by atoms with E-state index in [0.29, 0.717) is 0 Å². The topological polar surface area (TPSA) is 0 Å². The Morgan fingerprint density at radius 3 is 2.67 bits per heavy atom. The lowest BCUT2D eigenvalue weighted by Gasteiger charge is -1.99. The quantitative estimate of drug-likeness (QED) is 0.664. The van der Waals surface area contributed by atoms with Gasteiger partial charge in [0, 0.05) is 16.2 Å². The SMILES string of the molecule is C/C(=C\Cl)CSc1ccccc1. The summed E-state index contributed by atoms with van der Waals surface area (Å²) < 4.78 is 0. The van der Waals surface area contributed by atoms with Gasteiger partial charge in [-0.25, -0.2) is 0 Å². The van der Waals surface area contributed by atoms with Crippen LogP contribution in [-0.4, -0.2) is 5.75 Å². The van der Waals surface area contributed by atoms with Crippen molar-refractivity contribution in [2.75, 3.05) is 5.75 Å². The molecule has 0 fully saturated rings. The molecule has 12 heavy (non-hydrogen) atoms. The Morgan fingerprint density at radius 2 is 2.08 bits per heavy atom. The summed E-state index contributed by atoms with van der Waals surface area (Å²) in [6.45, 7) is 2.03. The Hall–Kier alpha value is -0.400. The highest BCUT2D eigenvalue weighted by Gasteiger charge is 1.92. The number of hydrogen-bond acceptors (Lipinski definition) is 1. The van der Waals surface area contributed by atoms with Crippen LogP contribution in [0, 0.1) is 0 Å². The van der Waals surface area contributed by atoms with E-state index in [4.69, 9.17) is 11.6 Å². The largest absolute Gasteiger partial charge is 0.122 e. The molecule has 0 nitrogen and oxygen atoms in total. The molecule has 1 aromatic rings. The highest BCUT2D eigenvalue weighted by molar-refractivity contribution is 7.99. The fraction of sp³-hybridized carbons (Fsp3) is 0.200. The van der Waals surface area contributed by atoms with Crippen LogP contribution >= 0.6 is 23.4 Å². The lowest BCUT2D eigenvalue weighted by Crippen LogP contribution is -1.79. The minimum absolute atomic E-state index is 0.966. The summed E-state index contributed by atoms with van der Waals surface area (Å²) in [6, 6.07) is 10.3. The fourth-order valence-electron chi connectivity index (χ4n) is 0.745. The van der Waals surface area contributed by atoms with Crippen LogP contribution < -0.4 is 0 Å². The Balaban J connectivity index is 2.44. The zero-order valence-corrected chi connectivity index (χ0v) is 8.53. The molecule has 0 aliphatic heterocycles. The Kier molecular flexibility index (Phi) is 4.26. The van der Waals surface area contributed by atoms with Crippen molar-refractivity contribution in [1.29, 1.82) is 0 Å². The van der Waals surface area contributed by atoms with Gasteiger partial charge in [-0.1, -0.05) is 35.4 Å². The maximum atomic E-state index is 5.54. The number of benzene rings is 1. The van der Waals surface area contributed by atoms with Crippen LogP contribution in [0.3, 0.4) is 0 Å². The van der Waals surface area contributed by atoms with E-state index in [0.717, 1.165) is 5.75 Å². The standard InChI is InChI=1S/C10H11ClS/c1-9(7-11)8-12-10-5-3-2-4-6-10/h2-7H,8H2,1H3/b9-7+. The van der Waals surface area contributed by atoms with Gasteiger partial charge in [0.1, 0.15) is 0 Å². The highest BCUT2D eigenvalue weighted by Crippen LogP contribution is 2.19. The van der Waals surface area contributed by atoms with Gasteiger partial charge in [-0.15, -0.1) is 11.8 Å². The summed E-state index contributed by atoms with van der Waals surface area (Å²) in [5.74, 6) is 0.966. The normalized spacial score (nSPS) is 11.7. The van der Waals surface area contributed by atoms with Gasteiger partial charge in [0.25, 0.3) is 0 Å². The smallest absolute Gasteiger partial charge is 0.0199 e. The third-order valence-electron chi connectivity index (χ3n) is 1.40. The average molecular weight is 199 g/mol. The summed E-state index contributed by atoms with van der Waals surface area (Å²) in [7, 11) is 0. The van der Waals surface area contributed by atoms with Crippen LogP contribution in [0.1, 0.15) is 6.92 Å². The molecule has 64 valence electrons. The fourth-order valence-corrected chi connectivity index (χ4v) is 1.74. The molecule has 0 amide bonds. The average Bonchev–Trinajstić information content (AvgIpc) is 2.16. The minimum Gasteiger partial charge on any atom is -0.122 e. The van der Waals surface area contributed by atoms with Crippen molar-refractivity contribution < 1.29 is 0 Å². The maximum absolute atomic E-state index is 5.54. The third-order valence-corrected chi connectivity index (χ3v) is 2.97. The molecule has 0 aromatic heterocycles. The number of halogens is 1. The van der Waals surface area contributed by atoms with Crippen LogP contribution in [0.4, 0.5) is 0 Å². The molecule has 0 spiro atoms. The van der Waals surface area contributed by atoms with Crippen molar-refractivity contribution in [2.24, 2.45) is 0 Å². The summed E-state index contributed by atoms with van der Waals surface area (Å²) in [6.07, 6.45) is 0. The predicted octanol–water partition coefficient (Wildman–Crippen LogP) is 3.92. The highest BCUT2D eigenvalue weighted by atomic mass is 35.5. The predicted molar refractivity (Wildman–Crippen MR) is 56.8 cm³/mol. The first-order valence-corrected chi connectivity index (χ1v) is 5.19. The van der Waals surface area contributed by atoms with E-state index in [2.05, 4.69) is 12.1 Å². The first kappa shape index (κ1) is 9.69. The molecule has 0 radical (unpaired) electrons. The van der Waals surface area contributed by atoms with Crippen LogP contribution in [-0.2, 0) is 0 Å². The van der Waals surface area contributed by atoms with E-state index in [1.807, 2.05) is 25.1 Å². The molecule has 0 atom stereocenters. The van der Waals surface area contributed by atoms with Gasteiger partial charge in [0.15, 0.2) is 0 Å². The molecule has 1 aromatic carbocycles. The van der Waals surface area contributed by atoms with Crippen LogP contribution in [0.15, 0.2) is 46.3 Å². The molecule has 0 unspecified atom stereocenters. The first-order chi connectivity index (χ1) is 5.83. The third kappa shape index (κ3) is 3.33. The second-order valence-corrected chi connectivity index (χ2v) is 3.82. The van der Waals surface area contributed by atoms with Gasteiger partial charge in [-0.2, -0.15) is 0 Å². The molecule has 0 heterocycles. The molecule has 2 heteroatoms. The zero-order chi connectivity index (χ0) is 8.81. The molecule has 0 N–H and O–H groups in total. The molecule has 0 saturated heterocycles. The van der Waals surface area contributed by atoms with E-state index in [1.165, 1.54) is 10.5 Å². The second kappa shape index (κ2) is 5.28. The van der Waals surface area contributed by atoms with E-state index in [-0.39, 0.29) is 0 Å². The Labute approximate surface area is 82.6 Å². The van der Waals surface area contributed by atoms with Crippen LogP contribution in [0.2, 0.25) is 0 Å². The van der Waals surface area contributed by atoms with Crippen LogP contribution in [0.25, 0.3) is 0 Å². The van der Waals surface area contributed by atoms with Crippen molar-refractivity contribution in [3.8, 4) is 0 Å². The second-order valence-electron chi connectivity index (χ2n) is 2.56. The van der Waals surface area contributed by atoms with E-state index in [1.54, 1.807) is 17.3 Å². The monoisotopic (exact) mass is 198 g/mol. The van der Waals surface area contributed by atoms with Crippen molar-refractivity contribution in [2.45, 2.75) is 11.8 Å². The molecular formula is C10H11ClS. The Bertz CT molecular complexity index is 254. The van der Waals surface area contributed by atoms with Crippen LogP contribution in [0.5, 0.6) is 0 Å². The van der Waals surface area contributed by atoms with Crippen molar-refractivity contribution in [3.63, 3.8) is 0 Å². The lowest BCUT2D eigenvalue weighted by molar-refractivity contribution is 1.40.